The number of allylic oxidation sites excluding steroid dienone is 2. The molecule has 0 spiro atoms. The van der Waals surface area contributed by atoms with Crippen LogP contribution in [0.4, 0.5) is 11.4 Å². The SMILES string of the molecule is CC(/C=C(\C)[N]([Ge][C]#Cc1ccccc1)c1c(C(C)C)cccc1C(C)C)=Nc1c(C(C)C)cccc1C(C)C. The summed E-state index contributed by atoms with van der Waals surface area (Å²) in [5.41, 5.74) is 11.1. The first-order chi connectivity index (χ1) is 19.0. The number of hydrogen-bond acceptors (Lipinski definition) is 2. The van der Waals surface area contributed by atoms with Gasteiger partial charge < -0.3 is 0 Å². The molecule has 0 atom stereocenters. The Kier molecular flexibility index (Phi) is 11.5. The Hall–Kier alpha value is -3.03. The van der Waals surface area contributed by atoms with Crippen LogP contribution in [-0.2, 0) is 0 Å². The molecule has 0 saturated carbocycles. The molecule has 0 bridgehead atoms. The summed E-state index contributed by atoms with van der Waals surface area (Å²) in [4.78, 5) is 5.25. The topological polar surface area (TPSA) is 15.6 Å². The van der Waals surface area contributed by atoms with Gasteiger partial charge in [0, 0.05) is 0 Å². The van der Waals surface area contributed by atoms with Crippen molar-refractivity contribution in [1.29, 1.82) is 0 Å². The normalized spacial score (nSPS) is 12.3. The first kappa shape index (κ1) is 31.5. The standard InChI is InChI=1S/C37H46GeN2/c1-25(2)32-18-14-19-33(26(3)4)36(32)39-29(9)24-30(10)40(38-23-22-31-16-12-11-13-17-31)37-34(27(5)6)20-15-21-35(37)28(7)8/h11-21,24-28H,1-10H3/b30-24+,39-29?. The van der Waals surface area contributed by atoms with Crippen LogP contribution in [0.2, 0.25) is 0 Å². The summed E-state index contributed by atoms with van der Waals surface area (Å²) in [6.07, 6.45) is 2.26. The Morgan fingerprint density at radius 2 is 1.15 bits per heavy atom. The average Bonchev–Trinajstić information content (AvgIpc) is 2.90. The molecular weight excluding hydrogens is 545 g/mol. The molecule has 0 amide bonds. The minimum atomic E-state index is -0.819. The van der Waals surface area contributed by atoms with E-state index in [1.807, 2.05) is 6.07 Å². The van der Waals surface area contributed by atoms with Gasteiger partial charge in [0.25, 0.3) is 0 Å². The zero-order valence-electron chi connectivity index (χ0n) is 26.1. The number of anilines is 1. The number of hydrogen-bond donors (Lipinski definition) is 0. The van der Waals surface area contributed by atoms with Crippen molar-refractivity contribution in [3.63, 3.8) is 0 Å². The quantitative estimate of drug-likeness (QED) is 0.137. The number of para-hydroxylation sites is 2. The molecule has 3 aromatic carbocycles. The number of nitrogens with zero attached hydrogens (tertiary/aromatic N) is 2. The van der Waals surface area contributed by atoms with Gasteiger partial charge in [0.05, 0.1) is 0 Å². The Morgan fingerprint density at radius 3 is 1.62 bits per heavy atom. The molecule has 0 saturated heterocycles. The van der Waals surface area contributed by atoms with Crippen molar-refractivity contribution in [3.8, 4) is 10.7 Å². The van der Waals surface area contributed by atoms with Crippen LogP contribution < -0.4 is 3.86 Å². The molecule has 0 aromatic heterocycles. The van der Waals surface area contributed by atoms with Gasteiger partial charge in [-0.2, -0.15) is 0 Å². The van der Waals surface area contributed by atoms with Gasteiger partial charge in [-0.05, 0) is 0 Å². The van der Waals surface area contributed by atoms with Gasteiger partial charge in [-0.3, -0.25) is 0 Å². The number of aliphatic imine (C=N–C) groups is 1. The number of benzene rings is 3. The summed E-state index contributed by atoms with van der Waals surface area (Å²) in [6, 6.07) is 23.7. The van der Waals surface area contributed by atoms with Gasteiger partial charge in [0.15, 0.2) is 0 Å². The Bertz CT molecular complexity index is 1350. The molecule has 0 heterocycles. The van der Waals surface area contributed by atoms with E-state index >= 15 is 0 Å². The molecule has 0 aliphatic carbocycles. The van der Waals surface area contributed by atoms with Gasteiger partial charge in [-0.25, -0.2) is 0 Å². The second-order valence-corrected chi connectivity index (χ2v) is 13.7. The summed E-state index contributed by atoms with van der Waals surface area (Å²) in [5.74, 6) is 5.10. The van der Waals surface area contributed by atoms with E-state index in [9.17, 15) is 0 Å². The molecule has 0 N–H and O–H groups in total. The van der Waals surface area contributed by atoms with Gasteiger partial charge in [-0.15, -0.1) is 0 Å². The molecule has 3 aromatic rings. The molecule has 0 unspecified atom stereocenters. The van der Waals surface area contributed by atoms with Gasteiger partial charge in [0.1, 0.15) is 0 Å². The van der Waals surface area contributed by atoms with Crippen molar-refractivity contribution in [3.05, 3.63) is 106 Å². The maximum atomic E-state index is 5.25. The maximum absolute atomic E-state index is 5.25. The van der Waals surface area contributed by atoms with Crippen molar-refractivity contribution in [2.75, 3.05) is 3.86 Å². The van der Waals surface area contributed by atoms with Crippen LogP contribution >= 0.6 is 0 Å². The fraction of sp³-hybridized carbons (Fsp3) is 0.378. The molecule has 2 nitrogen and oxygen atoms in total. The van der Waals surface area contributed by atoms with Crippen molar-refractivity contribution < 1.29 is 0 Å². The molecule has 208 valence electrons. The van der Waals surface area contributed by atoms with Crippen molar-refractivity contribution in [2.24, 2.45) is 4.99 Å². The van der Waals surface area contributed by atoms with Crippen LogP contribution in [0.25, 0.3) is 0 Å². The second-order valence-electron chi connectivity index (χ2n) is 11.8. The van der Waals surface area contributed by atoms with Crippen LogP contribution in [0.3, 0.4) is 0 Å². The predicted octanol–water partition coefficient (Wildman–Crippen LogP) is 10.3. The fourth-order valence-corrected chi connectivity index (χ4v) is 6.92. The molecular formula is C37H46GeN2. The predicted molar refractivity (Wildman–Crippen MR) is 177 cm³/mol. The molecule has 3 heteroatoms. The zero-order valence-corrected chi connectivity index (χ0v) is 28.2. The Morgan fingerprint density at radius 1 is 0.675 bits per heavy atom. The van der Waals surface area contributed by atoms with Crippen molar-refractivity contribution in [2.45, 2.75) is 92.9 Å². The van der Waals surface area contributed by atoms with Crippen LogP contribution in [0.5, 0.6) is 0 Å². The van der Waals surface area contributed by atoms with Crippen molar-refractivity contribution in [1.82, 2.24) is 0 Å². The fourth-order valence-electron chi connectivity index (χ4n) is 4.98. The average molecular weight is 591 g/mol. The Labute approximate surface area is 250 Å². The molecule has 3 rings (SSSR count). The van der Waals surface area contributed by atoms with E-state index in [1.54, 1.807) is 0 Å². The summed E-state index contributed by atoms with van der Waals surface area (Å²) in [7, 11) is 0. The summed E-state index contributed by atoms with van der Waals surface area (Å²) in [6.45, 7) is 22.5. The van der Waals surface area contributed by atoms with Gasteiger partial charge >= 0.3 is 251 Å². The summed E-state index contributed by atoms with van der Waals surface area (Å²) < 4.78 is 6.13. The Balaban J connectivity index is 2.17. The van der Waals surface area contributed by atoms with E-state index in [0.717, 1.165) is 17.0 Å². The number of rotatable bonds is 9. The molecule has 0 fully saturated rings. The van der Waals surface area contributed by atoms with E-state index < -0.39 is 15.7 Å². The van der Waals surface area contributed by atoms with Gasteiger partial charge in [0.2, 0.25) is 0 Å². The van der Waals surface area contributed by atoms with Crippen LogP contribution in [0.15, 0.2) is 83.5 Å². The summed E-state index contributed by atoms with van der Waals surface area (Å²) in [5, 5.41) is 0. The first-order valence-electron chi connectivity index (χ1n) is 14.6. The molecule has 0 aliphatic heterocycles. The first-order valence-corrected chi connectivity index (χ1v) is 16.6. The van der Waals surface area contributed by atoms with Crippen LogP contribution in [0, 0.1) is 10.7 Å². The third-order valence-corrected chi connectivity index (χ3v) is 9.29. The minimum absolute atomic E-state index is 0.415. The van der Waals surface area contributed by atoms with Crippen molar-refractivity contribution >= 4 is 32.7 Å². The van der Waals surface area contributed by atoms with E-state index in [0.29, 0.717) is 23.7 Å². The van der Waals surface area contributed by atoms with E-state index in [2.05, 4.69) is 151 Å². The van der Waals surface area contributed by atoms with E-state index in [-0.39, 0.29) is 0 Å². The van der Waals surface area contributed by atoms with E-state index in [1.165, 1.54) is 33.6 Å². The molecule has 0 aliphatic rings. The van der Waals surface area contributed by atoms with Crippen LogP contribution in [-0.4, -0.2) is 21.4 Å². The molecule has 2 radical (unpaired) electrons. The third-order valence-electron chi connectivity index (χ3n) is 7.12. The van der Waals surface area contributed by atoms with Crippen LogP contribution in [0.1, 0.15) is 121 Å². The summed E-state index contributed by atoms with van der Waals surface area (Å²) >= 11 is -0.819. The van der Waals surface area contributed by atoms with E-state index in [4.69, 9.17) is 4.99 Å². The zero-order chi connectivity index (χ0) is 29.4. The monoisotopic (exact) mass is 592 g/mol. The van der Waals surface area contributed by atoms with Gasteiger partial charge in [-0.1, -0.05) is 0 Å². The molecule has 40 heavy (non-hydrogen) atoms. The third kappa shape index (κ3) is 8.01. The second kappa shape index (κ2) is 14.6.